The Kier molecular flexibility index (Phi) is 18.5. The van der Waals surface area contributed by atoms with Gasteiger partial charge in [-0.25, -0.2) is 0 Å². The highest BCUT2D eigenvalue weighted by atomic mass is 16.5. The molecule has 6 atom stereocenters. The van der Waals surface area contributed by atoms with Crippen molar-refractivity contribution >= 4 is 87.4 Å². The molecule has 1 fully saturated rings. The molecule has 444 valence electrons. The number of ketones is 2. The summed E-state index contributed by atoms with van der Waals surface area (Å²) in [7, 11) is 5.24. The maximum Gasteiger partial charge on any atom is 0.253 e. The van der Waals surface area contributed by atoms with Gasteiger partial charge in [-0.15, -0.1) is 0 Å². The van der Waals surface area contributed by atoms with Crippen molar-refractivity contribution in [3.63, 3.8) is 0 Å². The van der Waals surface area contributed by atoms with E-state index in [4.69, 9.17) is 28.9 Å². The molecule has 19 heteroatoms. The van der Waals surface area contributed by atoms with Crippen molar-refractivity contribution in [3.05, 3.63) is 119 Å². The van der Waals surface area contributed by atoms with E-state index in [2.05, 4.69) is 63.1 Å². The number of nitrogens with one attached hydrogen (secondary N) is 3. The highest BCUT2D eigenvalue weighted by Crippen LogP contribution is 2.46. The normalized spacial score (nSPS) is 20.4. The maximum atomic E-state index is 14.2. The molecule has 0 aromatic heterocycles. The fraction of sp³-hybridized carbons (Fsp3) is 0.409. The zero-order valence-electron chi connectivity index (χ0n) is 49.1. The number of methoxy groups -OCH3 is 2. The lowest BCUT2D eigenvalue weighted by Crippen LogP contribution is -2.53. The Labute approximate surface area is 495 Å². The molecule has 10 rings (SSSR count). The lowest BCUT2D eigenvalue weighted by molar-refractivity contribution is -0.137. The summed E-state index contributed by atoms with van der Waals surface area (Å²) in [5.41, 5.74) is 7.84. The molecule has 0 bridgehead atoms. The van der Waals surface area contributed by atoms with Gasteiger partial charge >= 0.3 is 0 Å². The molecule has 4 aromatic carbocycles. The maximum absolute atomic E-state index is 14.2. The van der Waals surface area contributed by atoms with E-state index in [1.165, 1.54) is 29.8 Å². The molecule has 85 heavy (non-hydrogen) atoms. The summed E-state index contributed by atoms with van der Waals surface area (Å²) >= 11 is 0. The number of anilines is 2. The molecule has 0 saturated carbocycles. The number of ether oxygens (including phenoxy) is 4. The van der Waals surface area contributed by atoms with Crippen molar-refractivity contribution < 1.29 is 52.5 Å². The Morgan fingerprint density at radius 2 is 1.15 bits per heavy atom. The van der Waals surface area contributed by atoms with Gasteiger partial charge in [-0.2, -0.15) is 0 Å². The second-order valence-corrected chi connectivity index (χ2v) is 22.9. The van der Waals surface area contributed by atoms with E-state index in [0.717, 1.165) is 54.9 Å². The highest BCUT2D eigenvalue weighted by molar-refractivity contribution is 6.13. The summed E-state index contributed by atoms with van der Waals surface area (Å²) in [6.45, 7) is 10.1. The average molecular weight is 1160 g/mol. The number of likely N-dealkylation sites (N-methyl/N-ethyl adjacent to an activating group) is 1. The molecule has 4 heterocycles. The molecular formula is C66H74N8O11. The number of hydrogen-bond donors (Lipinski definition) is 3. The van der Waals surface area contributed by atoms with E-state index in [1.807, 2.05) is 30.6 Å². The number of carbonyl (C=O) groups is 7. The number of hydrogen-bond acceptors (Lipinski definition) is 15. The minimum absolute atomic E-state index is 0.00781. The van der Waals surface area contributed by atoms with Crippen LogP contribution < -0.4 is 39.8 Å². The zero-order valence-corrected chi connectivity index (χ0v) is 49.1. The second-order valence-electron chi connectivity index (χ2n) is 22.9. The van der Waals surface area contributed by atoms with Crippen LogP contribution in [0.4, 0.5) is 22.7 Å². The molecule has 19 nitrogen and oxygen atoms in total. The summed E-state index contributed by atoms with van der Waals surface area (Å²) in [5.74, 6) is -1.52. The lowest BCUT2D eigenvalue weighted by Gasteiger charge is -2.34. The van der Waals surface area contributed by atoms with Crippen LogP contribution in [0.5, 0.6) is 23.0 Å². The third-order valence-corrected chi connectivity index (χ3v) is 16.7. The molecule has 6 aliphatic rings. The van der Waals surface area contributed by atoms with E-state index in [-0.39, 0.29) is 79.1 Å². The smallest absolute Gasteiger partial charge is 0.253 e. The summed E-state index contributed by atoms with van der Waals surface area (Å²) < 4.78 is 23.9. The number of rotatable bonds is 23. The van der Waals surface area contributed by atoms with Crippen LogP contribution in [0.15, 0.2) is 107 Å². The van der Waals surface area contributed by atoms with Crippen molar-refractivity contribution in [2.45, 2.75) is 77.8 Å². The van der Waals surface area contributed by atoms with Crippen LogP contribution in [0.25, 0.3) is 11.1 Å². The first kappa shape index (κ1) is 59.4. The van der Waals surface area contributed by atoms with Gasteiger partial charge in [0.2, 0.25) is 17.7 Å². The molecule has 3 N–H and O–H groups in total. The van der Waals surface area contributed by atoms with Crippen molar-refractivity contribution in [2.24, 2.45) is 39.6 Å². The number of carbonyl (C=O) groups excluding carboxylic acids is 7. The van der Waals surface area contributed by atoms with E-state index in [1.54, 1.807) is 64.3 Å². The van der Waals surface area contributed by atoms with E-state index >= 15 is 0 Å². The van der Waals surface area contributed by atoms with Gasteiger partial charge in [0.1, 0.15) is 12.1 Å². The van der Waals surface area contributed by atoms with Gasteiger partial charge in [0, 0.05) is 128 Å². The molecule has 4 aromatic rings. The number of amides is 5. The third kappa shape index (κ3) is 13.6. The first-order chi connectivity index (χ1) is 41.0. The van der Waals surface area contributed by atoms with Gasteiger partial charge in [0.25, 0.3) is 11.8 Å². The Morgan fingerprint density at radius 3 is 1.67 bits per heavy atom. The number of allylic oxidation sites excluding steroid dienone is 4. The average Bonchev–Trinajstić information content (AvgIpc) is 2.83. The standard InChI is InChI=1S/C66H74N8O11/c1-39(2)62(71-59(75)11-8-7-9-22-74-60(76)20-21-61(74)77)66(81)69-40(3)65(80)70-47-16-12-41(13-17-47)43-29-45-37-67-53-35-57(55(82-5)33-51(53)63(78)49(45)31-43)84-27-10-28-85-58-36-54-52(34-56(58)83-6)64(79)50-32-44(30-46(50)38-68-54)42-14-18-48(19-15-42)73-25-23-72(4)24-26-73/h12-21,31-40,45-46,49-50,62H,7-11,22-30H2,1-6H3,(H,69,81)(H,70,80)(H,71,75)/t40-,45-,46-,49?,50?,62-/m0/s1. The molecule has 2 unspecified atom stereocenters. The minimum Gasteiger partial charge on any atom is -0.493 e. The highest BCUT2D eigenvalue weighted by Gasteiger charge is 2.38. The van der Waals surface area contributed by atoms with Gasteiger partial charge in [0.15, 0.2) is 34.6 Å². The van der Waals surface area contributed by atoms with E-state index in [0.29, 0.717) is 83.3 Å². The monoisotopic (exact) mass is 1150 g/mol. The topological polar surface area (TPSA) is 227 Å². The number of aliphatic imine (C=N–C) groups is 2. The molecule has 5 amide bonds. The predicted octanol–water partition coefficient (Wildman–Crippen LogP) is 8.61. The Bertz CT molecular complexity index is 3380. The number of fused-ring (bicyclic) bond motifs is 4. The van der Waals surface area contributed by atoms with Crippen molar-refractivity contribution in [1.82, 2.24) is 20.4 Å². The first-order valence-corrected chi connectivity index (χ1v) is 29.4. The SMILES string of the molecule is COc1cc2c(cc1OCCCOc1cc3c(cc1OC)C(=O)C1C=C(c4ccc(N5CCN(C)CC5)cc4)C[C@H]1C=N3)N=C[C@@H]1CC(c3ccc(NC(=O)[C@H](C)NC(=O)[C@@H](NC(=O)CCCCCN4C(=O)C=CC4=O)C(C)C)cc3)=CC1C2=O. The van der Waals surface area contributed by atoms with Crippen molar-refractivity contribution in [1.29, 1.82) is 0 Å². The zero-order chi connectivity index (χ0) is 59.9. The first-order valence-electron chi connectivity index (χ1n) is 29.4. The van der Waals surface area contributed by atoms with Crippen molar-refractivity contribution in [3.8, 4) is 23.0 Å². The predicted molar refractivity (Wildman–Crippen MR) is 326 cm³/mol. The molecule has 0 spiro atoms. The number of unbranched alkanes of at least 4 members (excludes halogenated alkanes) is 2. The number of piperazine rings is 1. The number of imide groups is 1. The fourth-order valence-corrected chi connectivity index (χ4v) is 11.7. The van der Waals surface area contributed by atoms with Crippen LogP contribution in [0.1, 0.15) is 97.6 Å². The largest absolute Gasteiger partial charge is 0.493 e. The van der Waals surface area contributed by atoms with E-state index < -0.39 is 29.8 Å². The van der Waals surface area contributed by atoms with Crippen LogP contribution in [0, 0.1) is 29.6 Å². The summed E-state index contributed by atoms with van der Waals surface area (Å²) in [5, 5.41) is 8.37. The minimum atomic E-state index is -0.918. The number of benzene rings is 4. The van der Waals surface area contributed by atoms with Crippen LogP contribution >= 0.6 is 0 Å². The van der Waals surface area contributed by atoms with Crippen LogP contribution in [-0.4, -0.2) is 143 Å². The number of nitrogens with zero attached hydrogens (tertiary/aromatic N) is 5. The third-order valence-electron chi connectivity index (χ3n) is 16.7. The fourth-order valence-electron chi connectivity index (χ4n) is 11.7. The summed E-state index contributed by atoms with van der Waals surface area (Å²) in [4.78, 5) is 107. The van der Waals surface area contributed by atoms with Crippen LogP contribution in [0.2, 0.25) is 0 Å². The molecule has 2 aliphatic carbocycles. The van der Waals surface area contributed by atoms with Crippen molar-refractivity contribution in [2.75, 3.05) is 77.4 Å². The Morgan fingerprint density at radius 1 is 0.624 bits per heavy atom. The van der Waals surface area contributed by atoms with Gasteiger partial charge in [-0.1, -0.05) is 56.7 Å². The van der Waals surface area contributed by atoms with Gasteiger partial charge in [-0.3, -0.25) is 48.4 Å². The Balaban J connectivity index is 0.682. The molecule has 4 aliphatic heterocycles. The summed E-state index contributed by atoms with van der Waals surface area (Å²) in [6, 6.07) is 21.1. The van der Waals surface area contributed by atoms with E-state index in [9.17, 15) is 33.6 Å². The van der Waals surface area contributed by atoms with Gasteiger partial charge in [-0.05, 0) is 104 Å². The van der Waals surface area contributed by atoms with Crippen LogP contribution in [0.3, 0.4) is 0 Å². The molecule has 0 radical (unpaired) electrons. The van der Waals surface area contributed by atoms with Crippen LogP contribution in [-0.2, 0) is 24.0 Å². The number of Topliss-reactive ketones (excluding diaryl/α,β-unsaturated/α-hetero) is 2. The van der Waals surface area contributed by atoms with Gasteiger partial charge < -0.3 is 44.7 Å². The second kappa shape index (κ2) is 26.5. The quantitative estimate of drug-likeness (QED) is 0.0468. The lowest BCUT2D eigenvalue weighted by atomic mass is 9.89. The summed E-state index contributed by atoms with van der Waals surface area (Å²) in [6.07, 6.45) is 14.0. The molecule has 1 saturated heterocycles. The molecular weight excluding hydrogens is 1080 g/mol. The van der Waals surface area contributed by atoms with Gasteiger partial charge in [0.05, 0.1) is 38.8 Å². The Hall–Kier alpha value is -8.71.